The van der Waals surface area contributed by atoms with E-state index in [-0.39, 0.29) is 6.10 Å². The molecular formula is C16H23NO4. The summed E-state index contributed by atoms with van der Waals surface area (Å²) >= 11 is 0. The molecule has 2 aliphatic heterocycles. The van der Waals surface area contributed by atoms with E-state index in [9.17, 15) is 0 Å². The van der Waals surface area contributed by atoms with Crippen molar-refractivity contribution in [3.63, 3.8) is 0 Å². The predicted octanol–water partition coefficient (Wildman–Crippen LogP) is 1.70. The highest BCUT2D eigenvalue weighted by molar-refractivity contribution is 5.43. The van der Waals surface area contributed by atoms with Crippen LogP contribution in [0.5, 0.6) is 11.5 Å². The van der Waals surface area contributed by atoms with Gasteiger partial charge in [0.1, 0.15) is 13.2 Å². The fourth-order valence-corrected chi connectivity index (χ4v) is 2.79. The summed E-state index contributed by atoms with van der Waals surface area (Å²) in [6.07, 6.45) is 1.23. The molecule has 3 rings (SSSR count). The highest BCUT2D eigenvalue weighted by atomic mass is 16.6. The molecule has 0 spiro atoms. The lowest BCUT2D eigenvalue weighted by Gasteiger charge is -2.33. The maximum absolute atomic E-state index is 5.77. The molecule has 0 amide bonds. The van der Waals surface area contributed by atoms with E-state index in [2.05, 4.69) is 17.0 Å². The Kier molecular flexibility index (Phi) is 4.95. The van der Waals surface area contributed by atoms with Gasteiger partial charge in [0.15, 0.2) is 11.5 Å². The van der Waals surface area contributed by atoms with Crippen LogP contribution < -0.4 is 9.47 Å². The lowest BCUT2D eigenvalue weighted by atomic mass is 10.1. The molecule has 1 aromatic carbocycles. The van der Waals surface area contributed by atoms with Crippen LogP contribution in [0, 0.1) is 0 Å². The first-order valence-corrected chi connectivity index (χ1v) is 7.56. The smallest absolute Gasteiger partial charge is 0.161 e. The summed E-state index contributed by atoms with van der Waals surface area (Å²) in [5, 5.41) is 0. The van der Waals surface area contributed by atoms with Gasteiger partial charge in [0.25, 0.3) is 0 Å². The summed E-state index contributed by atoms with van der Waals surface area (Å²) in [5.41, 5.74) is 1.26. The zero-order valence-corrected chi connectivity index (χ0v) is 12.5. The lowest BCUT2D eigenvalue weighted by Crippen LogP contribution is -2.42. The SMILES string of the molecule is COCC[C@H]1CN(Cc2ccc3c(c2)OCCO3)CCO1. The van der Waals surface area contributed by atoms with Gasteiger partial charge in [0.05, 0.1) is 12.7 Å². The Balaban J connectivity index is 1.58. The van der Waals surface area contributed by atoms with Gasteiger partial charge in [-0.25, -0.2) is 0 Å². The minimum atomic E-state index is 0.274. The van der Waals surface area contributed by atoms with Gasteiger partial charge < -0.3 is 18.9 Å². The van der Waals surface area contributed by atoms with Gasteiger partial charge in [-0.1, -0.05) is 6.07 Å². The molecule has 5 nitrogen and oxygen atoms in total. The molecule has 0 bridgehead atoms. The van der Waals surface area contributed by atoms with Crippen molar-refractivity contribution in [3.8, 4) is 11.5 Å². The molecule has 1 atom stereocenters. The van der Waals surface area contributed by atoms with E-state index in [1.807, 2.05) is 6.07 Å². The fourth-order valence-electron chi connectivity index (χ4n) is 2.79. The zero-order chi connectivity index (χ0) is 14.5. The molecule has 1 aromatic rings. The predicted molar refractivity (Wildman–Crippen MR) is 78.9 cm³/mol. The van der Waals surface area contributed by atoms with Gasteiger partial charge in [0.2, 0.25) is 0 Å². The number of benzene rings is 1. The molecule has 2 heterocycles. The average molecular weight is 293 g/mol. The summed E-state index contributed by atoms with van der Waals surface area (Å²) in [7, 11) is 1.73. The molecule has 0 aromatic heterocycles. The minimum Gasteiger partial charge on any atom is -0.486 e. The number of nitrogens with zero attached hydrogens (tertiary/aromatic N) is 1. The van der Waals surface area contributed by atoms with Crippen molar-refractivity contribution >= 4 is 0 Å². The molecule has 1 saturated heterocycles. The second kappa shape index (κ2) is 7.11. The molecule has 0 unspecified atom stereocenters. The highest BCUT2D eigenvalue weighted by Crippen LogP contribution is 2.31. The van der Waals surface area contributed by atoms with Crippen molar-refractivity contribution in [1.82, 2.24) is 4.90 Å². The molecule has 116 valence electrons. The van der Waals surface area contributed by atoms with E-state index in [0.717, 1.165) is 50.8 Å². The first-order valence-electron chi connectivity index (χ1n) is 7.56. The van der Waals surface area contributed by atoms with Crippen molar-refractivity contribution in [2.45, 2.75) is 19.1 Å². The molecule has 0 saturated carbocycles. The normalized spacial score (nSPS) is 22.2. The van der Waals surface area contributed by atoms with Crippen LogP contribution in [0.3, 0.4) is 0 Å². The number of fused-ring (bicyclic) bond motifs is 1. The third-order valence-corrected chi connectivity index (χ3v) is 3.88. The van der Waals surface area contributed by atoms with Crippen LogP contribution in [0.4, 0.5) is 0 Å². The van der Waals surface area contributed by atoms with Crippen LogP contribution in [0.2, 0.25) is 0 Å². The standard InChI is InChI=1S/C16H23NO4/c1-18-6-4-14-12-17(5-7-19-14)11-13-2-3-15-16(10-13)21-9-8-20-15/h2-3,10,14H,4-9,11-12H2,1H3/t14-/m0/s1. The van der Waals surface area contributed by atoms with Gasteiger partial charge in [-0.15, -0.1) is 0 Å². The Morgan fingerprint density at radius 2 is 2.05 bits per heavy atom. The molecule has 2 aliphatic rings. The molecule has 0 aliphatic carbocycles. The molecule has 1 fully saturated rings. The maximum Gasteiger partial charge on any atom is 0.161 e. The van der Waals surface area contributed by atoms with Gasteiger partial charge >= 0.3 is 0 Å². The fraction of sp³-hybridized carbons (Fsp3) is 0.625. The van der Waals surface area contributed by atoms with Gasteiger partial charge in [0, 0.05) is 33.4 Å². The Morgan fingerprint density at radius 3 is 2.90 bits per heavy atom. The van der Waals surface area contributed by atoms with E-state index in [0.29, 0.717) is 13.2 Å². The number of methoxy groups -OCH3 is 1. The highest BCUT2D eigenvalue weighted by Gasteiger charge is 2.21. The van der Waals surface area contributed by atoms with E-state index in [1.165, 1.54) is 5.56 Å². The number of morpholine rings is 1. The Labute approximate surface area is 125 Å². The van der Waals surface area contributed by atoms with Crippen molar-refractivity contribution in [2.75, 3.05) is 46.6 Å². The van der Waals surface area contributed by atoms with Crippen molar-refractivity contribution in [2.24, 2.45) is 0 Å². The van der Waals surface area contributed by atoms with Crippen LogP contribution in [-0.2, 0) is 16.0 Å². The van der Waals surface area contributed by atoms with Crippen molar-refractivity contribution in [3.05, 3.63) is 23.8 Å². The number of hydrogen-bond donors (Lipinski definition) is 0. The van der Waals surface area contributed by atoms with E-state index in [1.54, 1.807) is 7.11 Å². The summed E-state index contributed by atoms with van der Waals surface area (Å²) in [4.78, 5) is 2.43. The van der Waals surface area contributed by atoms with Crippen LogP contribution in [0.1, 0.15) is 12.0 Å². The van der Waals surface area contributed by atoms with E-state index in [4.69, 9.17) is 18.9 Å². The quantitative estimate of drug-likeness (QED) is 0.826. The summed E-state index contributed by atoms with van der Waals surface area (Å²) in [6, 6.07) is 6.22. The molecular weight excluding hydrogens is 270 g/mol. The van der Waals surface area contributed by atoms with Crippen LogP contribution >= 0.6 is 0 Å². The van der Waals surface area contributed by atoms with Crippen LogP contribution in [0.15, 0.2) is 18.2 Å². The Morgan fingerprint density at radius 1 is 1.19 bits per heavy atom. The topological polar surface area (TPSA) is 40.2 Å². The summed E-state index contributed by atoms with van der Waals surface area (Å²) < 4.78 is 22.1. The molecule has 21 heavy (non-hydrogen) atoms. The van der Waals surface area contributed by atoms with Crippen LogP contribution in [-0.4, -0.2) is 57.6 Å². The third-order valence-electron chi connectivity index (χ3n) is 3.88. The number of hydrogen-bond acceptors (Lipinski definition) is 5. The average Bonchev–Trinajstić information content (AvgIpc) is 2.53. The Bertz CT molecular complexity index is 466. The molecule has 0 N–H and O–H groups in total. The van der Waals surface area contributed by atoms with Crippen molar-refractivity contribution < 1.29 is 18.9 Å². The number of ether oxygens (including phenoxy) is 4. The van der Waals surface area contributed by atoms with Crippen molar-refractivity contribution in [1.29, 1.82) is 0 Å². The van der Waals surface area contributed by atoms with Gasteiger partial charge in [-0.3, -0.25) is 4.90 Å². The summed E-state index contributed by atoms with van der Waals surface area (Å²) in [5.74, 6) is 1.72. The zero-order valence-electron chi connectivity index (χ0n) is 12.5. The number of rotatable bonds is 5. The lowest BCUT2D eigenvalue weighted by molar-refractivity contribution is -0.0432. The van der Waals surface area contributed by atoms with E-state index >= 15 is 0 Å². The maximum atomic E-state index is 5.77. The second-order valence-corrected chi connectivity index (χ2v) is 5.49. The molecule has 0 radical (unpaired) electrons. The van der Waals surface area contributed by atoms with Gasteiger partial charge in [-0.2, -0.15) is 0 Å². The largest absolute Gasteiger partial charge is 0.486 e. The minimum absolute atomic E-state index is 0.274. The molecule has 5 heteroatoms. The van der Waals surface area contributed by atoms with E-state index < -0.39 is 0 Å². The summed E-state index contributed by atoms with van der Waals surface area (Å²) in [6.45, 7) is 5.66. The van der Waals surface area contributed by atoms with Crippen LogP contribution in [0.25, 0.3) is 0 Å². The Hall–Kier alpha value is -1.30. The first-order chi connectivity index (χ1) is 10.3. The first kappa shape index (κ1) is 14.6. The second-order valence-electron chi connectivity index (χ2n) is 5.49. The third kappa shape index (κ3) is 3.87. The van der Waals surface area contributed by atoms with Gasteiger partial charge in [-0.05, 0) is 24.1 Å². The monoisotopic (exact) mass is 293 g/mol.